The number of nitrogens with one attached hydrogen (secondary N) is 2. The SMILES string of the molecule is CCCCNC(=O)[C@H](C#N)C(=O)Nc1ccccc1. The summed E-state index contributed by atoms with van der Waals surface area (Å²) in [6.07, 6.45) is 1.76. The summed E-state index contributed by atoms with van der Waals surface area (Å²) in [6.45, 7) is 2.47. The summed E-state index contributed by atoms with van der Waals surface area (Å²) in [6, 6.07) is 10.5. The van der Waals surface area contributed by atoms with Gasteiger partial charge in [-0.1, -0.05) is 31.5 Å². The van der Waals surface area contributed by atoms with E-state index in [0.29, 0.717) is 12.2 Å². The van der Waals surface area contributed by atoms with Gasteiger partial charge in [0.15, 0.2) is 0 Å². The van der Waals surface area contributed by atoms with E-state index in [4.69, 9.17) is 5.26 Å². The van der Waals surface area contributed by atoms with Crippen LogP contribution in [0.15, 0.2) is 30.3 Å². The molecule has 0 aliphatic rings. The van der Waals surface area contributed by atoms with Crippen LogP contribution < -0.4 is 10.6 Å². The van der Waals surface area contributed by atoms with Crippen molar-refractivity contribution in [3.8, 4) is 6.07 Å². The molecule has 0 radical (unpaired) electrons. The second kappa shape index (κ2) is 7.88. The fourth-order valence-electron chi connectivity index (χ4n) is 1.46. The maximum atomic E-state index is 11.8. The number of nitriles is 1. The lowest BCUT2D eigenvalue weighted by atomic mass is 10.1. The average Bonchev–Trinajstić information content (AvgIpc) is 2.41. The zero-order chi connectivity index (χ0) is 14.1. The maximum Gasteiger partial charge on any atom is 0.251 e. The van der Waals surface area contributed by atoms with Crippen molar-refractivity contribution in [3.63, 3.8) is 0 Å². The van der Waals surface area contributed by atoms with Crippen molar-refractivity contribution in [2.24, 2.45) is 5.92 Å². The molecule has 19 heavy (non-hydrogen) atoms. The molecule has 0 aromatic heterocycles. The zero-order valence-electron chi connectivity index (χ0n) is 10.8. The molecular formula is C14H17N3O2. The molecule has 0 saturated heterocycles. The first-order valence-corrected chi connectivity index (χ1v) is 6.22. The highest BCUT2D eigenvalue weighted by atomic mass is 16.2. The van der Waals surface area contributed by atoms with Crippen LogP contribution in [-0.2, 0) is 9.59 Å². The van der Waals surface area contributed by atoms with Gasteiger partial charge in [0.05, 0.1) is 6.07 Å². The van der Waals surface area contributed by atoms with Crippen molar-refractivity contribution in [2.45, 2.75) is 19.8 Å². The van der Waals surface area contributed by atoms with Crippen molar-refractivity contribution in [1.82, 2.24) is 5.32 Å². The molecule has 1 aromatic rings. The second-order valence-electron chi connectivity index (χ2n) is 4.06. The van der Waals surface area contributed by atoms with Crippen LogP contribution in [0.2, 0.25) is 0 Å². The van der Waals surface area contributed by atoms with Crippen LogP contribution in [-0.4, -0.2) is 18.4 Å². The van der Waals surface area contributed by atoms with Gasteiger partial charge in [0.1, 0.15) is 0 Å². The summed E-state index contributed by atoms with van der Waals surface area (Å²) < 4.78 is 0. The molecule has 0 heterocycles. The molecule has 2 amide bonds. The Labute approximate surface area is 112 Å². The van der Waals surface area contributed by atoms with Gasteiger partial charge in [0.25, 0.3) is 5.91 Å². The minimum absolute atomic E-state index is 0.478. The molecule has 0 aliphatic carbocycles. The maximum absolute atomic E-state index is 11.8. The van der Waals surface area contributed by atoms with Gasteiger partial charge < -0.3 is 10.6 Å². The number of anilines is 1. The third-order valence-electron chi connectivity index (χ3n) is 2.52. The summed E-state index contributed by atoms with van der Waals surface area (Å²) in [5, 5.41) is 14.1. The number of nitrogens with zero attached hydrogens (tertiary/aromatic N) is 1. The van der Waals surface area contributed by atoms with Gasteiger partial charge in [-0.3, -0.25) is 9.59 Å². The predicted octanol–water partition coefficient (Wildman–Crippen LogP) is 1.68. The normalized spacial score (nSPS) is 11.2. The number of amides is 2. The van der Waals surface area contributed by atoms with Crippen molar-refractivity contribution < 1.29 is 9.59 Å². The van der Waals surface area contributed by atoms with E-state index in [0.717, 1.165) is 12.8 Å². The van der Waals surface area contributed by atoms with E-state index in [2.05, 4.69) is 10.6 Å². The largest absolute Gasteiger partial charge is 0.355 e. The minimum Gasteiger partial charge on any atom is -0.355 e. The topological polar surface area (TPSA) is 82.0 Å². The van der Waals surface area contributed by atoms with Crippen LogP contribution in [0.25, 0.3) is 0 Å². The van der Waals surface area contributed by atoms with Crippen LogP contribution in [0.1, 0.15) is 19.8 Å². The van der Waals surface area contributed by atoms with E-state index in [1.165, 1.54) is 0 Å². The summed E-state index contributed by atoms with van der Waals surface area (Å²) in [5.74, 6) is -2.48. The van der Waals surface area contributed by atoms with Crippen LogP contribution in [0.5, 0.6) is 0 Å². The van der Waals surface area contributed by atoms with Crippen LogP contribution in [0.3, 0.4) is 0 Å². The van der Waals surface area contributed by atoms with Crippen molar-refractivity contribution >= 4 is 17.5 Å². The lowest BCUT2D eigenvalue weighted by Gasteiger charge is -2.10. The number of benzene rings is 1. The molecule has 100 valence electrons. The lowest BCUT2D eigenvalue weighted by Crippen LogP contribution is -2.37. The number of hydrogen-bond donors (Lipinski definition) is 2. The van der Waals surface area contributed by atoms with Gasteiger partial charge in [-0.2, -0.15) is 5.26 Å². The highest BCUT2D eigenvalue weighted by molar-refractivity contribution is 6.08. The van der Waals surface area contributed by atoms with Gasteiger partial charge in [0, 0.05) is 12.2 Å². The predicted molar refractivity (Wildman–Crippen MR) is 72.1 cm³/mol. The number of hydrogen-bond acceptors (Lipinski definition) is 3. The van der Waals surface area contributed by atoms with Crippen molar-refractivity contribution in [1.29, 1.82) is 5.26 Å². The van der Waals surface area contributed by atoms with Gasteiger partial charge >= 0.3 is 0 Å². The second-order valence-corrected chi connectivity index (χ2v) is 4.06. The molecule has 5 nitrogen and oxygen atoms in total. The summed E-state index contributed by atoms with van der Waals surface area (Å²) in [5.41, 5.74) is 0.564. The minimum atomic E-state index is -1.32. The van der Waals surface area contributed by atoms with Gasteiger partial charge in [0.2, 0.25) is 11.8 Å². The number of para-hydroxylation sites is 1. The molecular weight excluding hydrogens is 242 g/mol. The Bertz CT molecular complexity index is 465. The van der Waals surface area contributed by atoms with Gasteiger partial charge in [-0.15, -0.1) is 0 Å². The van der Waals surface area contributed by atoms with Crippen molar-refractivity contribution in [2.75, 3.05) is 11.9 Å². The standard InChI is InChI=1S/C14H17N3O2/c1-2-3-9-16-13(18)12(10-15)14(19)17-11-7-5-4-6-8-11/h4-8,12H,2-3,9H2,1H3,(H,16,18)(H,17,19)/t12-/m0/s1. The molecule has 1 atom stereocenters. The van der Waals surface area contributed by atoms with E-state index >= 15 is 0 Å². The van der Waals surface area contributed by atoms with E-state index in [1.54, 1.807) is 30.3 Å². The fourth-order valence-corrected chi connectivity index (χ4v) is 1.46. The first-order chi connectivity index (χ1) is 9.19. The smallest absolute Gasteiger partial charge is 0.251 e. The first-order valence-electron chi connectivity index (χ1n) is 6.22. The Morgan fingerprint density at radius 2 is 1.95 bits per heavy atom. The van der Waals surface area contributed by atoms with Crippen LogP contribution >= 0.6 is 0 Å². The molecule has 0 aliphatic heterocycles. The molecule has 0 unspecified atom stereocenters. The van der Waals surface area contributed by atoms with E-state index in [1.807, 2.05) is 13.0 Å². The van der Waals surface area contributed by atoms with E-state index < -0.39 is 17.7 Å². The van der Waals surface area contributed by atoms with Crippen LogP contribution in [0, 0.1) is 17.2 Å². The van der Waals surface area contributed by atoms with Gasteiger partial charge in [-0.05, 0) is 18.6 Å². The lowest BCUT2D eigenvalue weighted by molar-refractivity contribution is -0.130. The Balaban J connectivity index is 2.57. The van der Waals surface area contributed by atoms with Gasteiger partial charge in [-0.25, -0.2) is 0 Å². The highest BCUT2D eigenvalue weighted by Crippen LogP contribution is 2.07. The molecule has 1 aromatic carbocycles. The summed E-state index contributed by atoms with van der Waals surface area (Å²) in [4.78, 5) is 23.5. The Morgan fingerprint density at radius 3 is 2.53 bits per heavy atom. The monoisotopic (exact) mass is 259 g/mol. The fraction of sp³-hybridized carbons (Fsp3) is 0.357. The van der Waals surface area contributed by atoms with Crippen LogP contribution in [0.4, 0.5) is 5.69 Å². The Kier molecular flexibility index (Phi) is 6.10. The molecule has 5 heteroatoms. The third-order valence-corrected chi connectivity index (χ3v) is 2.52. The molecule has 0 fully saturated rings. The summed E-state index contributed by atoms with van der Waals surface area (Å²) in [7, 11) is 0. The van der Waals surface area contributed by atoms with Crippen molar-refractivity contribution in [3.05, 3.63) is 30.3 Å². The Hall–Kier alpha value is -2.35. The van der Waals surface area contributed by atoms with E-state index in [-0.39, 0.29) is 0 Å². The number of carbonyl (C=O) groups is 2. The molecule has 0 saturated carbocycles. The Morgan fingerprint density at radius 1 is 1.26 bits per heavy atom. The third kappa shape index (κ3) is 4.80. The summed E-state index contributed by atoms with van der Waals surface area (Å²) >= 11 is 0. The quantitative estimate of drug-likeness (QED) is 0.602. The molecule has 2 N–H and O–H groups in total. The number of rotatable bonds is 6. The molecule has 0 spiro atoms. The zero-order valence-corrected chi connectivity index (χ0v) is 10.8. The first kappa shape index (κ1) is 14.7. The highest BCUT2D eigenvalue weighted by Gasteiger charge is 2.26. The molecule has 0 bridgehead atoms. The number of carbonyl (C=O) groups excluding carboxylic acids is 2. The molecule has 1 rings (SSSR count). The average molecular weight is 259 g/mol. The number of unbranched alkanes of at least 4 members (excludes halogenated alkanes) is 1. The van der Waals surface area contributed by atoms with E-state index in [9.17, 15) is 9.59 Å².